The van der Waals surface area contributed by atoms with Gasteiger partial charge >= 0.3 is 6.18 Å². The summed E-state index contributed by atoms with van der Waals surface area (Å²) in [6.45, 7) is 6.10. The summed E-state index contributed by atoms with van der Waals surface area (Å²) in [6.07, 6.45) is -4.54. The van der Waals surface area contributed by atoms with Crippen molar-refractivity contribution in [3.05, 3.63) is 63.7 Å². The largest absolute Gasteiger partial charge is 0.416 e. The molecule has 5 nitrogen and oxygen atoms in total. The zero-order valence-electron chi connectivity index (χ0n) is 19.0. The maximum absolute atomic E-state index is 14.3. The fraction of sp³-hybridized carbons (Fsp3) is 0.400. The number of aliphatic hydroxyl groups is 1. The van der Waals surface area contributed by atoms with Gasteiger partial charge in [0.15, 0.2) is 5.60 Å². The Balaban J connectivity index is 2.29. The molecule has 182 valence electrons. The van der Waals surface area contributed by atoms with Crippen LogP contribution >= 0.6 is 11.6 Å². The molecular formula is C25H27ClF3N3O2. The number of fused-ring (bicyclic) bond motifs is 1. The molecule has 9 heteroatoms. The molecule has 0 spiro atoms. The number of benzene rings is 2. The van der Waals surface area contributed by atoms with E-state index in [4.69, 9.17) is 17.3 Å². The SMILES string of the molecule is CCN(CC)CCN1C(=O)C(O)(c2ccccc2Cl)c2c1cc(C#CCCN)cc2C(F)(F)F. The van der Waals surface area contributed by atoms with Gasteiger partial charge in [0.2, 0.25) is 0 Å². The highest BCUT2D eigenvalue weighted by Gasteiger charge is 2.56. The second-order valence-electron chi connectivity index (χ2n) is 7.93. The van der Waals surface area contributed by atoms with Crippen LogP contribution in [0.3, 0.4) is 0 Å². The second-order valence-corrected chi connectivity index (χ2v) is 8.34. The zero-order chi connectivity index (χ0) is 25.1. The van der Waals surface area contributed by atoms with Crippen molar-refractivity contribution in [2.45, 2.75) is 32.0 Å². The van der Waals surface area contributed by atoms with Crippen LogP contribution in [0.15, 0.2) is 36.4 Å². The third kappa shape index (κ3) is 4.80. The molecule has 1 aliphatic rings. The number of hydrogen-bond acceptors (Lipinski definition) is 4. The van der Waals surface area contributed by atoms with Crippen molar-refractivity contribution < 1.29 is 23.1 Å². The van der Waals surface area contributed by atoms with E-state index >= 15 is 0 Å². The van der Waals surface area contributed by atoms with Gasteiger partial charge in [0, 0.05) is 47.8 Å². The Bertz CT molecular complexity index is 1120. The summed E-state index contributed by atoms with van der Waals surface area (Å²) < 4.78 is 42.9. The lowest BCUT2D eigenvalue weighted by atomic mass is 9.83. The first-order valence-corrected chi connectivity index (χ1v) is 11.4. The van der Waals surface area contributed by atoms with Crippen LogP contribution in [0, 0.1) is 11.8 Å². The molecule has 0 bridgehead atoms. The summed E-state index contributed by atoms with van der Waals surface area (Å²) in [6, 6.07) is 8.18. The number of likely N-dealkylation sites (N-methyl/N-ethyl adjacent to an activating group) is 1. The van der Waals surface area contributed by atoms with Gasteiger partial charge in [0.1, 0.15) is 0 Å². The third-order valence-electron chi connectivity index (χ3n) is 5.93. The fourth-order valence-corrected chi connectivity index (χ4v) is 4.44. The van der Waals surface area contributed by atoms with E-state index < -0.39 is 28.8 Å². The lowest BCUT2D eigenvalue weighted by molar-refractivity contribution is -0.142. The summed E-state index contributed by atoms with van der Waals surface area (Å²) >= 11 is 6.27. The summed E-state index contributed by atoms with van der Waals surface area (Å²) in [5, 5.41) is 11.7. The molecule has 0 aromatic heterocycles. The number of alkyl halides is 3. The van der Waals surface area contributed by atoms with Crippen LogP contribution in [0.1, 0.15) is 42.5 Å². The maximum atomic E-state index is 14.3. The van der Waals surface area contributed by atoms with Gasteiger partial charge in [-0.3, -0.25) is 4.79 Å². The molecule has 2 aromatic carbocycles. The molecule has 1 atom stereocenters. The molecule has 0 fully saturated rings. The van der Waals surface area contributed by atoms with Crippen molar-refractivity contribution in [3.63, 3.8) is 0 Å². The number of carbonyl (C=O) groups is 1. The van der Waals surface area contributed by atoms with Gasteiger partial charge in [0.25, 0.3) is 5.91 Å². The van der Waals surface area contributed by atoms with Gasteiger partial charge in [-0.05, 0) is 31.3 Å². The lowest BCUT2D eigenvalue weighted by Gasteiger charge is -2.27. The van der Waals surface area contributed by atoms with Crippen molar-refractivity contribution in [2.24, 2.45) is 5.73 Å². The molecule has 1 aliphatic heterocycles. The standard InChI is InChI=1S/C25H27ClF3N3O2/c1-3-31(4-2)13-14-32-21-16-17(9-7-8-12-30)15-19(25(27,28)29)22(21)24(34,23(32)33)18-10-5-6-11-20(18)26/h5-6,10-11,15-16,34H,3-4,8,12-14,30H2,1-2H3. The Hall–Kier alpha value is -2.57. The number of halogens is 4. The average molecular weight is 494 g/mol. The topological polar surface area (TPSA) is 69.8 Å². The Morgan fingerprint density at radius 3 is 2.47 bits per heavy atom. The molecule has 1 unspecified atom stereocenters. The highest BCUT2D eigenvalue weighted by atomic mass is 35.5. The maximum Gasteiger partial charge on any atom is 0.416 e. The van der Waals surface area contributed by atoms with Gasteiger partial charge in [-0.25, -0.2) is 0 Å². The molecular weight excluding hydrogens is 467 g/mol. The van der Waals surface area contributed by atoms with E-state index in [2.05, 4.69) is 11.8 Å². The van der Waals surface area contributed by atoms with Crippen molar-refractivity contribution >= 4 is 23.2 Å². The first kappa shape index (κ1) is 26.0. The molecule has 0 aliphatic carbocycles. The minimum absolute atomic E-state index is 0.00479. The van der Waals surface area contributed by atoms with E-state index in [-0.39, 0.29) is 34.9 Å². The Kier molecular flexibility index (Phi) is 7.94. The van der Waals surface area contributed by atoms with E-state index in [1.165, 1.54) is 29.2 Å². The predicted molar refractivity (Wildman–Crippen MR) is 127 cm³/mol. The Labute approximate surface area is 202 Å². The van der Waals surface area contributed by atoms with Crippen molar-refractivity contribution in [1.82, 2.24) is 4.90 Å². The van der Waals surface area contributed by atoms with E-state index in [0.29, 0.717) is 26.1 Å². The number of nitrogens with two attached hydrogens (primary N) is 1. The quantitative estimate of drug-likeness (QED) is 0.572. The van der Waals surface area contributed by atoms with E-state index in [1.54, 1.807) is 6.07 Å². The highest BCUT2D eigenvalue weighted by molar-refractivity contribution is 6.32. The molecule has 2 aromatic rings. The summed E-state index contributed by atoms with van der Waals surface area (Å²) in [7, 11) is 0. The molecule has 0 saturated carbocycles. The smallest absolute Gasteiger partial charge is 0.372 e. The van der Waals surface area contributed by atoms with Crippen LogP contribution in [0.5, 0.6) is 0 Å². The Morgan fingerprint density at radius 2 is 1.88 bits per heavy atom. The second kappa shape index (κ2) is 10.4. The van der Waals surface area contributed by atoms with Gasteiger partial charge < -0.3 is 20.6 Å². The van der Waals surface area contributed by atoms with Crippen LogP contribution in [0.2, 0.25) is 5.02 Å². The van der Waals surface area contributed by atoms with Crippen LogP contribution in [-0.4, -0.2) is 48.6 Å². The van der Waals surface area contributed by atoms with Gasteiger partial charge in [-0.15, -0.1) is 0 Å². The number of rotatable bonds is 7. The molecule has 0 saturated heterocycles. The monoisotopic (exact) mass is 493 g/mol. The van der Waals surface area contributed by atoms with Crippen LogP contribution in [-0.2, 0) is 16.6 Å². The fourth-order valence-electron chi connectivity index (χ4n) is 4.17. The van der Waals surface area contributed by atoms with E-state index in [9.17, 15) is 23.1 Å². The highest BCUT2D eigenvalue weighted by Crippen LogP contribution is 2.51. The lowest BCUT2D eigenvalue weighted by Crippen LogP contribution is -2.44. The number of anilines is 1. The molecule has 3 rings (SSSR count). The number of amides is 1. The van der Waals surface area contributed by atoms with Crippen LogP contribution in [0.25, 0.3) is 0 Å². The van der Waals surface area contributed by atoms with Crippen molar-refractivity contribution in [2.75, 3.05) is 37.6 Å². The summed E-state index contributed by atoms with van der Waals surface area (Å²) in [4.78, 5) is 16.9. The van der Waals surface area contributed by atoms with E-state index in [1.807, 2.05) is 18.7 Å². The molecule has 3 N–H and O–H groups in total. The average Bonchev–Trinajstić information content (AvgIpc) is 3.01. The van der Waals surface area contributed by atoms with E-state index in [0.717, 1.165) is 6.07 Å². The summed E-state index contributed by atoms with van der Waals surface area (Å²) in [5.74, 6) is 4.57. The molecule has 1 amide bonds. The third-order valence-corrected chi connectivity index (χ3v) is 6.26. The van der Waals surface area contributed by atoms with Crippen LogP contribution < -0.4 is 10.6 Å². The minimum atomic E-state index is -4.85. The van der Waals surface area contributed by atoms with Crippen molar-refractivity contribution in [3.8, 4) is 11.8 Å². The molecule has 1 heterocycles. The zero-order valence-corrected chi connectivity index (χ0v) is 19.8. The normalized spacial score (nSPS) is 17.7. The van der Waals surface area contributed by atoms with Crippen molar-refractivity contribution in [1.29, 1.82) is 0 Å². The van der Waals surface area contributed by atoms with Gasteiger partial charge in [0.05, 0.1) is 11.3 Å². The predicted octanol–water partition coefficient (Wildman–Crippen LogP) is 3.98. The Morgan fingerprint density at radius 1 is 1.21 bits per heavy atom. The number of hydrogen-bond donors (Lipinski definition) is 2. The van der Waals surface area contributed by atoms with Gasteiger partial charge in [-0.1, -0.05) is 55.5 Å². The number of carbonyl (C=O) groups excluding carboxylic acids is 1. The number of nitrogens with zero attached hydrogens (tertiary/aromatic N) is 2. The van der Waals surface area contributed by atoms with Crippen LogP contribution in [0.4, 0.5) is 18.9 Å². The first-order valence-electron chi connectivity index (χ1n) is 11.1. The van der Waals surface area contributed by atoms with Gasteiger partial charge in [-0.2, -0.15) is 13.2 Å². The minimum Gasteiger partial charge on any atom is -0.372 e. The first-order chi connectivity index (χ1) is 16.1. The summed E-state index contributed by atoms with van der Waals surface area (Å²) in [5.41, 5.74) is 1.17. The molecule has 0 radical (unpaired) electrons. The molecule has 34 heavy (non-hydrogen) atoms.